The molecule has 5 aromatic rings. The Kier molecular flexibility index (Phi) is 6.36. The van der Waals surface area contributed by atoms with Crippen LogP contribution >= 0.6 is 0 Å². The second-order valence-corrected chi connectivity index (χ2v) is 8.02. The van der Waals surface area contributed by atoms with Crippen LogP contribution in [0.25, 0.3) is 45.4 Å². The highest BCUT2D eigenvalue weighted by atomic mass is 16.3. The average Bonchev–Trinajstić information content (AvgIpc) is 3.34. The second kappa shape index (κ2) is 9.90. The van der Waals surface area contributed by atoms with Crippen LogP contribution in [0, 0.1) is 0 Å². The number of allylic oxidation sites excluding steroid dienone is 1. The van der Waals surface area contributed by atoms with Gasteiger partial charge in [-0.05, 0) is 6.42 Å². The Morgan fingerprint density at radius 1 is 0.743 bits per heavy atom. The molecule has 0 bridgehead atoms. The smallest absolute Gasteiger partial charge is 0.164 e. The van der Waals surface area contributed by atoms with Gasteiger partial charge in [-0.1, -0.05) is 111 Å². The van der Waals surface area contributed by atoms with Crippen molar-refractivity contribution in [2.75, 3.05) is 0 Å². The average molecular weight is 458 g/mol. The maximum Gasteiger partial charge on any atom is 0.164 e. The third-order valence-corrected chi connectivity index (χ3v) is 5.97. The van der Waals surface area contributed by atoms with E-state index in [1.54, 1.807) is 0 Å². The third-order valence-electron chi connectivity index (χ3n) is 5.97. The molecule has 0 fully saturated rings. The molecule has 1 aliphatic rings. The molecule has 2 aromatic heterocycles. The van der Waals surface area contributed by atoms with Crippen molar-refractivity contribution < 1.29 is 4.42 Å². The lowest BCUT2D eigenvalue weighted by atomic mass is 9.93. The van der Waals surface area contributed by atoms with Crippen molar-refractivity contribution in [1.82, 2.24) is 15.0 Å². The van der Waals surface area contributed by atoms with Gasteiger partial charge >= 0.3 is 0 Å². The molecule has 0 N–H and O–H groups in total. The van der Waals surface area contributed by atoms with E-state index in [4.69, 9.17) is 19.4 Å². The third kappa shape index (κ3) is 4.19. The topological polar surface area (TPSA) is 51.8 Å². The largest absolute Gasteiger partial charge is 0.460 e. The van der Waals surface area contributed by atoms with Gasteiger partial charge in [0.1, 0.15) is 11.3 Å². The highest BCUT2D eigenvalue weighted by Crippen LogP contribution is 2.40. The standard InChI is InChI=1S/C29H21N3O.C2H6/c1-2-19-15-9-16-22-25-23(17-10-18-24(25)33-26(19)22)29-31-27(20-11-5-3-6-12-20)30-28(32-29)21-13-7-4-8-14-21;1-2/h2-9,11-17H,1,10,18H2;1-2H3. The van der Waals surface area contributed by atoms with Gasteiger partial charge in [-0.15, -0.1) is 0 Å². The van der Waals surface area contributed by atoms with Gasteiger partial charge in [0.2, 0.25) is 0 Å². The summed E-state index contributed by atoms with van der Waals surface area (Å²) < 4.78 is 6.31. The normalized spacial score (nSPS) is 12.3. The van der Waals surface area contributed by atoms with Gasteiger partial charge in [-0.25, -0.2) is 15.0 Å². The van der Waals surface area contributed by atoms with E-state index in [1.165, 1.54) is 0 Å². The molecule has 4 nitrogen and oxygen atoms in total. The maximum absolute atomic E-state index is 6.31. The Balaban J connectivity index is 0.00000124. The monoisotopic (exact) mass is 457 g/mol. The molecule has 1 aliphatic carbocycles. The summed E-state index contributed by atoms with van der Waals surface area (Å²) in [7, 11) is 0. The minimum Gasteiger partial charge on any atom is -0.460 e. The van der Waals surface area contributed by atoms with Crippen LogP contribution in [-0.4, -0.2) is 15.0 Å². The van der Waals surface area contributed by atoms with E-state index < -0.39 is 0 Å². The summed E-state index contributed by atoms with van der Waals surface area (Å²) in [6.07, 6.45) is 5.78. The van der Waals surface area contributed by atoms with Crippen LogP contribution in [0.5, 0.6) is 0 Å². The number of hydrogen-bond donors (Lipinski definition) is 0. The molecule has 4 heteroatoms. The lowest BCUT2D eigenvalue weighted by Gasteiger charge is -2.14. The molecule has 0 radical (unpaired) electrons. The Morgan fingerprint density at radius 2 is 1.34 bits per heavy atom. The van der Waals surface area contributed by atoms with Gasteiger partial charge in [0.25, 0.3) is 0 Å². The molecule has 3 aromatic carbocycles. The SMILES string of the molecule is C=Cc1cccc2c3c(oc12)CCC=C3c1nc(-c2ccccc2)nc(-c2ccccc2)n1.CC. The van der Waals surface area contributed by atoms with E-state index in [2.05, 4.69) is 18.7 Å². The molecule has 35 heavy (non-hydrogen) atoms. The second-order valence-electron chi connectivity index (χ2n) is 8.02. The lowest BCUT2D eigenvalue weighted by Crippen LogP contribution is -2.06. The van der Waals surface area contributed by atoms with Crippen LogP contribution in [0.2, 0.25) is 0 Å². The van der Waals surface area contributed by atoms with Crippen molar-refractivity contribution in [2.24, 2.45) is 0 Å². The molecule has 0 atom stereocenters. The van der Waals surface area contributed by atoms with Gasteiger partial charge < -0.3 is 4.42 Å². The zero-order valence-corrected chi connectivity index (χ0v) is 20.0. The molecule has 0 spiro atoms. The molecule has 0 aliphatic heterocycles. The number of nitrogens with zero attached hydrogens (tertiary/aromatic N) is 3. The van der Waals surface area contributed by atoms with Gasteiger partial charge in [-0.3, -0.25) is 0 Å². The zero-order valence-electron chi connectivity index (χ0n) is 20.0. The van der Waals surface area contributed by atoms with Gasteiger partial charge in [-0.2, -0.15) is 0 Å². The molecule has 6 rings (SSSR count). The number of furan rings is 1. The van der Waals surface area contributed by atoms with Crippen LogP contribution in [0.1, 0.15) is 43.0 Å². The summed E-state index contributed by atoms with van der Waals surface area (Å²) in [6.45, 7) is 7.95. The number of hydrogen-bond acceptors (Lipinski definition) is 4. The number of aryl methyl sites for hydroxylation is 1. The van der Waals surface area contributed by atoms with Crippen molar-refractivity contribution in [3.05, 3.63) is 114 Å². The van der Waals surface area contributed by atoms with Gasteiger partial charge in [0.05, 0.1) is 0 Å². The summed E-state index contributed by atoms with van der Waals surface area (Å²) in [5.74, 6) is 2.95. The van der Waals surface area contributed by atoms with Crippen LogP contribution in [-0.2, 0) is 6.42 Å². The van der Waals surface area contributed by atoms with E-state index in [9.17, 15) is 0 Å². The number of aromatic nitrogens is 3. The highest BCUT2D eigenvalue weighted by Gasteiger charge is 2.25. The molecule has 2 heterocycles. The summed E-state index contributed by atoms with van der Waals surface area (Å²) in [6, 6.07) is 26.3. The molecule has 0 saturated heterocycles. The van der Waals surface area contributed by atoms with Crippen LogP contribution < -0.4 is 0 Å². The van der Waals surface area contributed by atoms with Crippen LogP contribution in [0.15, 0.2) is 95.9 Å². The predicted octanol–water partition coefficient (Wildman–Crippen LogP) is 8.00. The first kappa shape index (κ1) is 22.5. The maximum atomic E-state index is 6.31. The summed E-state index contributed by atoms with van der Waals surface area (Å²) in [5, 5.41) is 1.07. The van der Waals surface area contributed by atoms with Crippen molar-refractivity contribution in [2.45, 2.75) is 26.7 Å². The Bertz CT molecular complexity index is 1460. The molecule has 0 amide bonds. The first-order chi connectivity index (χ1) is 17.3. The molecule has 0 saturated carbocycles. The minimum atomic E-state index is 0.659. The van der Waals surface area contributed by atoms with Gasteiger partial charge in [0, 0.05) is 39.6 Å². The first-order valence-electron chi connectivity index (χ1n) is 12.1. The Morgan fingerprint density at radius 3 is 1.94 bits per heavy atom. The van der Waals surface area contributed by atoms with Crippen LogP contribution in [0.3, 0.4) is 0 Å². The van der Waals surface area contributed by atoms with Gasteiger partial charge in [0.15, 0.2) is 17.5 Å². The van der Waals surface area contributed by atoms with Crippen molar-refractivity contribution >= 4 is 22.6 Å². The number of para-hydroxylation sites is 1. The Hall–Kier alpha value is -4.31. The molecule has 172 valence electrons. The van der Waals surface area contributed by atoms with E-state index in [1.807, 2.05) is 92.7 Å². The highest BCUT2D eigenvalue weighted by molar-refractivity contribution is 5.99. The van der Waals surface area contributed by atoms with Crippen LogP contribution in [0.4, 0.5) is 0 Å². The summed E-state index contributed by atoms with van der Waals surface area (Å²) in [4.78, 5) is 14.7. The number of rotatable bonds is 4. The molecule has 0 unspecified atom stereocenters. The number of benzene rings is 3. The minimum absolute atomic E-state index is 0.659. The summed E-state index contributed by atoms with van der Waals surface area (Å²) in [5.41, 5.74) is 5.84. The van der Waals surface area contributed by atoms with E-state index in [0.717, 1.165) is 57.4 Å². The van der Waals surface area contributed by atoms with E-state index in [-0.39, 0.29) is 0 Å². The zero-order chi connectivity index (χ0) is 24.2. The Labute approximate surface area is 205 Å². The van der Waals surface area contributed by atoms with Crippen molar-refractivity contribution in [3.63, 3.8) is 0 Å². The summed E-state index contributed by atoms with van der Waals surface area (Å²) >= 11 is 0. The fourth-order valence-corrected chi connectivity index (χ4v) is 4.40. The van der Waals surface area contributed by atoms with Crippen molar-refractivity contribution in [3.8, 4) is 22.8 Å². The fourth-order valence-electron chi connectivity index (χ4n) is 4.40. The first-order valence-corrected chi connectivity index (χ1v) is 12.1. The quantitative estimate of drug-likeness (QED) is 0.274. The molecular weight excluding hydrogens is 430 g/mol. The van der Waals surface area contributed by atoms with E-state index >= 15 is 0 Å². The number of fused-ring (bicyclic) bond motifs is 3. The predicted molar refractivity (Wildman–Crippen MR) is 144 cm³/mol. The lowest BCUT2D eigenvalue weighted by molar-refractivity contribution is 0.545. The fraction of sp³-hybridized carbons (Fsp3) is 0.129. The molecular formula is C31H27N3O. The van der Waals surface area contributed by atoms with E-state index in [0.29, 0.717) is 17.5 Å². The van der Waals surface area contributed by atoms with Crippen molar-refractivity contribution in [1.29, 1.82) is 0 Å².